The van der Waals surface area contributed by atoms with Crippen LogP contribution < -0.4 is 0 Å². The number of thioether (sulfide) groups is 1. The van der Waals surface area contributed by atoms with Crippen molar-refractivity contribution in [2.75, 3.05) is 56.0 Å². The number of esters is 1. The summed E-state index contributed by atoms with van der Waals surface area (Å²) in [6.45, 7) is 6.54. The van der Waals surface area contributed by atoms with E-state index < -0.39 is 17.5 Å². The minimum absolute atomic E-state index is 0. The van der Waals surface area contributed by atoms with Gasteiger partial charge in [0.05, 0.1) is 38.6 Å². The van der Waals surface area contributed by atoms with Gasteiger partial charge >= 0.3 is 185 Å². The first-order valence-corrected chi connectivity index (χ1v) is 79.0. The predicted molar refractivity (Wildman–Crippen MR) is 350 cm³/mol. The molecule has 9 rings (SSSR count). The van der Waals surface area contributed by atoms with E-state index in [4.69, 9.17) is 33.4 Å². The maximum Gasteiger partial charge on any atom is 2.00 e. The van der Waals surface area contributed by atoms with Gasteiger partial charge in [-0.15, -0.1) is 0 Å². The first-order chi connectivity index (χ1) is 31.4. The van der Waals surface area contributed by atoms with Gasteiger partial charge in [-0.1, -0.05) is 17.7 Å². The van der Waals surface area contributed by atoms with E-state index in [0.29, 0.717) is 36.1 Å². The van der Waals surface area contributed by atoms with Crippen LogP contribution in [0.1, 0.15) is 51.0 Å². The van der Waals surface area contributed by atoms with Crippen molar-refractivity contribution in [3.05, 3.63) is 103 Å². The molecule has 0 spiro atoms. The van der Waals surface area contributed by atoms with E-state index in [1.165, 1.54) is 33.5 Å². The standard InChI is InChI=1S/C14H20F2O3.C11H15OS.2C6H5.C4H8OS.2CO2.Cu.I10/c1-12(15,16)11(17)19-8-13-3-9-2-10(4-13)6-14(18,5-9)7-13;1-10-2-4-11(5-3-10)13-8-6-12-7-9-13;2*1-2-4-6-5-3-1;1-3-6-4-2-5-1;2*2-1-3;;1-7(2)9(5)10(6)8(3)4/h9-10,18H,2-8H2,1H3;2-5H,6-9H2,1H3;2*1-5H;1-4H2;;;;/q;+1;2*-1;;;;+2;. The Bertz CT molecular complexity index is 1650. The average Bonchev–Trinajstić information content (AvgIpc) is 3.30. The van der Waals surface area contributed by atoms with Crippen molar-refractivity contribution in [3.8, 4) is 0 Å². The molecule has 1 radical (unpaired) electrons. The van der Waals surface area contributed by atoms with Crippen LogP contribution in [0.4, 0.5) is 8.78 Å². The van der Waals surface area contributed by atoms with E-state index >= 15 is 0 Å². The molecule has 4 aliphatic carbocycles. The topological polar surface area (TPSA) is 133 Å². The molecule has 2 atom stereocenters. The molecule has 0 amide bonds. The number of aryl methyl sites for hydroxylation is 1. The van der Waals surface area contributed by atoms with Crippen molar-refractivity contribution in [2.45, 2.75) is 68.8 Å². The van der Waals surface area contributed by atoms with E-state index in [2.05, 4.69) is 155 Å². The van der Waals surface area contributed by atoms with Crippen molar-refractivity contribution in [2.24, 2.45) is 17.3 Å². The predicted octanol–water partition coefficient (Wildman–Crippen LogP) is 15.9. The van der Waals surface area contributed by atoms with Gasteiger partial charge in [0.1, 0.15) is 11.5 Å². The number of benzene rings is 3. The summed E-state index contributed by atoms with van der Waals surface area (Å²) in [5.41, 5.74) is 0.436. The van der Waals surface area contributed by atoms with Crippen LogP contribution >= 0.6 is 155 Å². The number of ether oxygens (including phenoxy) is 3. The normalized spacial score (nSPS) is 22.5. The van der Waals surface area contributed by atoms with Crippen LogP contribution in [0.3, 0.4) is 0 Å². The fourth-order valence-corrected chi connectivity index (χ4v) is 848. The summed E-state index contributed by atoms with van der Waals surface area (Å²) in [4.78, 5) is 45.2. The zero-order valence-electron chi connectivity index (χ0n) is 36.2. The molecule has 3 aromatic rings. The van der Waals surface area contributed by atoms with Gasteiger partial charge in [0.2, 0.25) is 0 Å². The molecule has 385 valence electrons. The molecule has 67 heavy (non-hydrogen) atoms. The van der Waals surface area contributed by atoms with Gasteiger partial charge in [0.15, 0.2) is 4.90 Å². The Kier molecular flexibility index (Phi) is 44.8. The third-order valence-corrected chi connectivity index (χ3v) is 508. The van der Waals surface area contributed by atoms with Crippen LogP contribution in [-0.2, 0) is 66.1 Å². The van der Waals surface area contributed by atoms with Crippen LogP contribution in [0, 0.1) is 36.3 Å². The number of hydrogen-bond acceptors (Lipinski definition) is 10. The molecule has 6 fully saturated rings. The van der Waals surface area contributed by atoms with Crippen LogP contribution in [-0.4, -0.2) is 90.9 Å². The Labute approximate surface area is 488 Å². The van der Waals surface area contributed by atoms with Crippen LogP contribution in [0.5, 0.6) is 0 Å². The summed E-state index contributed by atoms with van der Waals surface area (Å²) in [5.74, 6) is 0.861. The first kappa shape index (κ1) is 71.1. The number of carbonyl (C=O) groups is 1. The average molecular weight is 2150 g/mol. The Morgan fingerprint density at radius 1 is 0.791 bits per heavy atom. The number of aliphatic hydroxyl groups is 1. The Hall–Kier alpha value is 4.15. The van der Waals surface area contributed by atoms with Gasteiger partial charge < -0.3 is 19.3 Å². The number of alkyl halides is 2. The van der Waals surface area contributed by atoms with Crippen LogP contribution in [0.25, 0.3) is 0 Å². The van der Waals surface area contributed by atoms with E-state index in [1.54, 1.807) is 0 Å². The summed E-state index contributed by atoms with van der Waals surface area (Å²) in [5, 5.41) is 10.5. The van der Waals surface area contributed by atoms with E-state index in [0.717, 1.165) is 58.5 Å². The number of hydrogen-bond donors (Lipinski definition) is 1. The second-order valence-electron chi connectivity index (χ2n) is 14.7. The van der Waals surface area contributed by atoms with Crippen molar-refractivity contribution < 1.29 is 69.1 Å². The fourth-order valence-electron chi connectivity index (χ4n) is 7.59. The number of rotatable bonds is 7. The SMILES string of the molecule is C1CSCCO1.CC(F)(F)C(=O)OCC12CC3CC(CC(O)(C3)C1)C2.Cc1ccc([S+]2CCOCC2)cc1.II(I)I(I)I(I)I(I)I.O=C=O.O=C=O.[Cu+2].[c-]1ccccc1.[c-]1ccccc1. The van der Waals surface area contributed by atoms with Crippen LogP contribution in [0.15, 0.2) is 89.8 Å². The molecule has 0 aromatic heterocycles. The largest absolute Gasteiger partial charge is 2.00 e. The van der Waals surface area contributed by atoms with Gasteiger partial charge in [-0.2, -0.15) is 113 Å². The van der Waals surface area contributed by atoms with Gasteiger partial charge in [-0.3, -0.25) is 0 Å². The van der Waals surface area contributed by atoms with E-state index in [9.17, 15) is 18.7 Å². The van der Waals surface area contributed by atoms with Gasteiger partial charge in [-0.05, 0) is 69.4 Å². The second kappa shape index (κ2) is 42.2. The van der Waals surface area contributed by atoms with Gasteiger partial charge in [-0.25, -0.2) is 4.79 Å². The summed E-state index contributed by atoms with van der Waals surface area (Å²) >= 11 is 18.8. The summed E-state index contributed by atoms with van der Waals surface area (Å²) in [6.07, 6.45) is 5.66. The van der Waals surface area contributed by atoms with Gasteiger partial charge in [0, 0.05) is 34.7 Å². The molecule has 6 aliphatic rings. The third-order valence-electron chi connectivity index (χ3n) is 9.52. The quantitative estimate of drug-likeness (QED) is 0.0801. The molecule has 1 N–H and O–H groups in total. The van der Waals surface area contributed by atoms with E-state index in [1.807, 2.05) is 72.4 Å². The van der Waals surface area contributed by atoms with Gasteiger partial charge in [0.25, 0.3) is 0 Å². The monoisotopic (exact) mass is 2150 g/mol. The molecule has 9 nitrogen and oxygen atoms in total. The molecule has 2 saturated heterocycles. The molecular formula is C43H53CuF2I10O9S2+. The Morgan fingerprint density at radius 2 is 1.21 bits per heavy atom. The number of halogens is 12. The molecule has 2 unspecified atom stereocenters. The minimum Gasteiger partial charge on any atom is -0.186 e. The van der Waals surface area contributed by atoms with E-state index in [-0.39, 0.29) is 73.0 Å². The smallest absolute Gasteiger partial charge is 0.186 e. The first-order valence-electron chi connectivity index (χ1n) is 19.7. The molecule has 4 saturated carbocycles. The summed E-state index contributed by atoms with van der Waals surface area (Å²) in [7, 11) is -0.847. The van der Waals surface area contributed by atoms with Crippen molar-refractivity contribution >= 4 is 184 Å². The number of carbonyl (C=O) groups excluding carboxylic acids is 5. The minimum atomic E-state index is -3.43. The summed E-state index contributed by atoms with van der Waals surface area (Å²) < 4.78 is 40.9. The molecule has 3 aromatic carbocycles. The van der Waals surface area contributed by atoms with Crippen molar-refractivity contribution in [1.29, 1.82) is 0 Å². The molecule has 4 bridgehead atoms. The molecule has 2 aliphatic heterocycles. The second-order valence-corrected chi connectivity index (χ2v) is 213. The molecule has 2 heterocycles. The van der Waals surface area contributed by atoms with Crippen molar-refractivity contribution in [1.82, 2.24) is 0 Å². The third kappa shape index (κ3) is 33.8. The Balaban J connectivity index is 0.000000800. The zero-order valence-corrected chi connectivity index (χ0v) is 60.4. The Morgan fingerprint density at radius 3 is 1.51 bits per heavy atom. The molecular weight excluding hydrogens is 2100 g/mol. The van der Waals surface area contributed by atoms with Crippen molar-refractivity contribution in [3.63, 3.8) is 0 Å². The zero-order chi connectivity index (χ0) is 49.4. The maximum atomic E-state index is 12.8. The maximum absolute atomic E-state index is 12.8. The molecule has 24 heteroatoms. The van der Waals surface area contributed by atoms with Crippen LogP contribution in [0.2, 0.25) is 0 Å². The summed E-state index contributed by atoms with van der Waals surface area (Å²) in [6, 6.07) is 33.9. The fraction of sp³-hybridized carbons (Fsp3) is 0.512.